The molecule has 1 atom stereocenters. The minimum absolute atomic E-state index is 0.0153. The lowest BCUT2D eigenvalue weighted by Crippen LogP contribution is -2.52. The van der Waals surface area contributed by atoms with E-state index in [1.54, 1.807) is 43.3 Å². The van der Waals surface area contributed by atoms with Gasteiger partial charge in [-0.25, -0.2) is 12.8 Å². The zero-order chi connectivity index (χ0) is 28.7. The zero-order valence-electron chi connectivity index (χ0n) is 22.6. The topological polar surface area (TPSA) is 96.0 Å². The van der Waals surface area contributed by atoms with Gasteiger partial charge in [0.05, 0.1) is 17.7 Å². The minimum atomic E-state index is -4.20. The molecule has 3 aromatic carbocycles. The van der Waals surface area contributed by atoms with Crippen LogP contribution in [0.1, 0.15) is 38.2 Å². The Kier molecular flexibility index (Phi) is 9.42. The normalized spacial score (nSPS) is 14.4. The van der Waals surface area contributed by atoms with Crippen molar-refractivity contribution in [3.63, 3.8) is 0 Å². The number of rotatable bonds is 11. The van der Waals surface area contributed by atoms with Crippen molar-refractivity contribution in [3.8, 4) is 5.75 Å². The molecule has 10 heteroatoms. The Labute approximate surface area is 234 Å². The molecular formula is C30H34FN3O5S. The first-order valence-electron chi connectivity index (χ1n) is 13.2. The summed E-state index contributed by atoms with van der Waals surface area (Å²) in [5, 5.41) is 3.04. The Balaban J connectivity index is 1.68. The van der Waals surface area contributed by atoms with Crippen LogP contribution in [0.3, 0.4) is 0 Å². The first-order valence-corrected chi connectivity index (χ1v) is 14.7. The molecule has 40 heavy (non-hydrogen) atoms. The Morgan fingerprint density at radius 1 is 1.00 bits per heavy atom. The number of methoxy groups -OCH3 is 1. The molecule has 0 spiro atoms. The molecule has 1 aliphatic rings. The molecule has 0 bridgehead atoms. The van der Waals surface area contributed by atoms with Gasteiger partial charge in [0.1, 0.15) is 24.2 Å². The predicted molar refractivity (Wildman–Crippen MR) is 151 cm³/mol. The highest BCUT2D eigenvalue weighted by molar-refractivity contribution is 7.92. The van der Waals surface area contributed by atoms with Crippen LogP contribution in [0.4, 0.5) is 10.1 Å². The molecule has 0 heterocycles. The molecule has 0 saturated heterocycles. The Morgan fingerprint density at radius 3 is 2.33 bits per heavy atom. The fourth-order valence-corrected chi connectivity index (χ4v) is 6.23. The second-order valence-corrected chi connectivity index (χ2v) is 11.7. The number of anilines is 1. The molecule has 4 rings (SSSR count). The Morgan fingerprint density at radius 2 is 1.68 bits per heavy atom. The number of halogens is 1. The smallest absolute Gasteiger partial charge is 0.264 e. The number of hydrogen-bond acceptors (Lipinski definition) is 5. The summed E-state index contributed by atoms with van der Waals surface area (Å²) in [5.41, 5.74) is 0.843. The van der Waals surface area contributed by atoms with Gasteiger partial charge in [-0.1, -0.05) is 43.2 Å². The third kappa shape index (κ3) is 6.98. The molecule has 8 nitrogen and oxygen atoms in total. The van der Waals surface area contributed by atoms with Gasteiger partial charge in [0.25, 0.3) is 10.0 Å². The van der Waals surface area contributed by atoms with E-state index in [2.05, 4.69) is 5.32 Å². The highest BCUT2D eigenvalue weighted by atomic mass is 32.2. The number of benzene rings is 3. The summed E-state index contributed by atoms with van der Waals surface area (Å²) in [7, 11) is -2.66. The third-order valence-electron chi connectivity index (χ3n) is 7.08. The number of hydrogen-bond donors (Lipinski definition) is 1. The third-order valence-corrected chi connectivity index (χ3v) is 8.87. The maximum atomic E-state index is 13.9. The van der Waals surface area contributed by atoms with Gasteiger partial charge in [-0.15, -0.1) is 0 Å². The number of nitrogens with zero attached hydrogens (tertiary/aromatic N) is 2. The van der Waals surface area contributed by atoms with Crippen molar-refractivity contribution in [1.29, 1.82) is 0 Å². The fourth-order valence-electron chi connectivity index (χ4n) is 4.80. The summed E-state index contributed by atoms with van der Waals surface area (Å²) < 4.78 is 47.4. The molecule has 1 fully saturated rings. The van der Waals surface area contributed by atoms with Crippen LogP contribution in [0.15, 0.2) is 83.8 Å². The highest BCUT2D eigenvalue weighted by Gasteiger charge is 2.33. The van der Waals surface area contributed by atoms with Crippen molar-refractivity contribution in [2.24, 2.45) is 0 Å². The molecule has 3 aromatic rings. The van der Waals surface area contributed by atoms with E-state index in [9.17, 15) is 22.4 Å². The van der Waals surface area contributed by atoms with Crippen LogP contribution in [0.25, 0.3) is 0 Å². The van der Waals surface area contributed by atoms with Crippen molar-refractivity contribution >= 4 is 27.5 Å². The van der Waals surface area contributed by atoms with Crippen molar-refractivity contribution in [1.82, 2.24) is 10.2 Å². The summed E-state index contributed by atoms with van der Waals surface area (Å²) in [6, 6.07) is 18.9. The number of amides is 2. The Bertz CT molecular complexity index is 1410. The van der Waals surface area contributed by atoms with Crippen LogP contribution >= 0.6 is 0 Å². The van der Waals surface area contributed by atoms with Crippen LogP contribution in [0.5, 0.6) is 5.75 Å². The average molecular weight is 568 g/mol. The quantitative estimate of drug-likeness (QED) is 0.368. The van der Waals surface area contributed by atoms with Crippen LogP contribution in [0, 0.1) is 5.82 Å². The summed E-state index contributed by atoms with van der Waals surface area (Å²) in [6.07, 6.45) is 3.84. The lowest BCUT2D eigenvalue weighted by Gasteiger charge is -2.32. The molecule has 1 N–H and O–H groups in total. The van der Waals surface area contributed by atoms with Gasteiger partial charge in [-0.05, 0) is 73.9 Å². The predicted octanol–water partition coefficient (Wildman–Crippen LogP) is 4.51. The van der Waals surface area contributed by atoms with Crippen molar-refractivity contribution < 1.29 is 27.1 Å². The van der Waals surface area contributed by atoms with Crippen LogP contribution < -0.4 is 14.4 Å². The summed E-state index contributed by atoms with van der Waals surface area (Å²) >= 11 is 0. The van der Waals surface area contributed by atoms with E-state index >= 15 is 0 Å². The number of sulfonamides is 1. The van der Waals surface area contributed by atoms with Gasteiger partial charge in [0.15, 0.2) is 0 Å². The van der Waals surface area contributed by atoms with E-state index in [0.717, 1.165) is 42.1 Å². The molecule has 0 radical (unpaired) electrons. The van der Waals surface area contributed by atoms with E-state index in [4.69, 9.17) is 4.74 Å². The monoisotopic (exact) mass is 567 g/mol. The van der Waals surface area contributed by atoms with Gasteiger partial charge >= 0.3 is 0 Å². The fraction of sp³-hybridized carbons (Fsp3) is 0.333. The first kappa shape index (κ1) is 29.1. The summed E-state index contributed by atoms with van der Waals surface area (Å²) in [6.45, 7) is 1.10. The molecule has 1 aliphatic carbocycles. The van der Waals surface area contributed by atoms with Crippen molar-refractivity contribution in [2.45, 2.75) is 56.1 Å². The van der Waals surface area contributed by atoms with Crippen LogP contribution in [-0.2, 0) is 26.2 Å². The van der Waals surface area contributed by atoms with Gasteiger partial charge < -0.3 is 15.0 Å². The largest absolute Gasteiger partial charge is 0.497 e. The van der Waals surface area contributed by atoms with Gasteiger partial charge in [0, 0.05) is 12.6 Å². The molecule has 0 aliphatic heterocycles. The van der Waals surface area contributed by atoms with Crippen LogP contribution in [0.2, 0.25) is 0 Å². The summed E-state index contributed by atoms with van der Waals surface area (Å²) in [5.74, 6) is -0.834. The first-order chi connectivity index (χ1) is 19.2. The summed E-state index contributed by atoms with van der Waals surface area (Å²) in [4.78, 5) is 28.6. The molecular weight excluding hydrogens is 533 g/mol. The van der Waals surface area contributed by atoms with E-state index in [1.165, 1.54) is 36.3 Å². The maximum absolute atomic E-state index is 13.9. The van der Waals surface area contributed by atoms with Gasteiger partial charge in [-0.3, -0.25) is 13.9 Å². The van der Waals surface area contributed by atoms with E-state index in [1.807, 2.05) is 6.07 Å². The van der Waals surface area contributed by atoms with Gasteiger partial charge in [-0.2, -0.15) is 0 Å². The zero-order valence-corrected chi connectivity index (χ0v) is 23.4. The number of carbonyl (C=O) groups is 2. The number of carbonyl (C=O) groups excluding carboxylic acids is 2. The van der Waals surface area contributed by atoms with Gasteiger partial charge in [0.2, 0.25) is 11.8 Å². The highest BCUT2D eigenvalue weighted by Crippen LogP contribution is 2.25. The Hall–Kier alpha value is -3.92. The second kappa shape index (κ2) is 13.0. The lowest BCUT2D eigenvalue weighted by atomic mass is 10.1. The molecule has 0 unspecified atom stereocenters. The van der Waals surface area contributed by atoms with Crippen LogP contribution in [-0.4, -0.2) is 50.9 Å². The number of ether oxygens (including phenoxy) is 1. The molecule has 212 valence electrons. The lowest BCUT2D eigenvalue weighted by molar-refractivity contribution is -0.139. The average Bonchev–Trinajstić information content (AvgIpc) is 3.48. The maximum Gasteiger partial charge on any atom is 0.264 e. The molecule has 1 saturated carbocycles. The van der Waals surface area contributed by atoms with Crippen molar-refractivity contribution in [3.05, 3.63) is 90.2 Å². The number of nitrogens with one attached hydrogen (secondary N) is 1. The van der Waals surface area contributed by atoms with Crippen molar-refractivity contribution in [2.75, 3.05) is 18.0 Å². The molecule has 0 aromatic heterocycles. The minimum Gasteiger partial charge on any atom is -0.497 e. The van der Waals surface area contributed by atoms with E-state index in [0.29, 0.717) is 11.3 Å². The van der Waals surface area contributed by atoms with E-state index in [-0.39, 0.29) is 29.1 Å². The molecule has 2 amide bonds. The second-order valence-electron chi connectivity index (χ2n) is 9.84. The standard InChI is InChI=1S/C30H34FN3O5S/c1-22(30(36)32-25-10-6-7-11-25)33(20-23-9-8-12-27(19-23)39-2)29(35)21-34(26-17-15-24(31)16-18-26)40(37,38)28-13-4-3-5-14-28/h3-5,8-9,12-19,22,25H,6-7,10-11,20-21H2,1-2H3,(H,32,36)/t22-/m0/s1. The SMILES string of the molecule is COc1cccc(CN(C(=O)CN(c2ccc(F)cc2)S(=O)(=O)c2ccccc2)[C@@H](C)C(=O)NC2CCCC2)c1. The van der Waals surface area contributed by atoms with E-state index < -0.39 is 34.3 Å².